The molecule has 0 radical (unpaired) electrons. The molecular formula is C21H26N2O3. The highest BCUT2D eigenvalue weighted by atomic mass is 16.3. The summed E-state index contributed by atoms with van der Waals surface area (Å²) < 4.78 is 1.88. The number of hydrogen-bond donors (Lipinski definition) is 1. The van der Waals surface area contributed by atoms with Gasteiger partial charge in [-0.2, -0.15) is 0 Å². The Morgan fingerprint density at radius 1 is 1.23 bits per heavy atom. The van der Waals surface area contributed by atoms with Gasteiger partial charge in [0.25, 0.3) is 0 Å². The Bertz CT molecular complexity index is 856. The van der Waals surface area contributed by atoms with Gasteiger partial charge in [0, 0.05) is 41.7 Å². The number of hydrogen-bond acceptors (Lipinski definition) is 3. The van der Waals surface area contributed by atoms with Gasteiger partial charge in [-0.25, -0.2) is 0 Å². The van der Waals surface area contributed by atoms with Gasteiger partial charge in [-0.15, -0.1) is 0 Å². The average molecular weight is 354 g/mol. The second kappa shape index (κ2) is 6.54. The molecule has 1 aliphatic heterocycles. The van der Waals surface area contributed by atoms with Gasteiger partial charge in [0.2, 0.25) is 5.91 Å². The quantitative estimate of drug-likeness (QED) is 0.862. The van der Waals surface area contributed by atoms with Crippen molar-refractivity contribution in [2.75, 3.05) is 13.1 Å². The fourth-order valence-electron chi connectivity index (χ4n) is 4.70. The van der Waals surface area contributed by atoms with E-state index < -0.39 is 5.60 Å². The number of aromatic nitrogens is 1. The first-order valence-corrected chi connectivity index (χ1v) is 9.57. The van der Waals surface area contributed by atoms with Crippen molar-refractivity contribution >= 4 is 22.6 Å². The summed E-state index contributed by atoms with van der Waals surface area (Å²) >= 11 is 0. The van der Waals surface area contributed by atoms with Crippen molar-refractivity contribution < 1.29 is 14.7 Å². The van der Waals surface area contributed by atoms with E-state index >= 15 is 0 Å². The summed E-state index contributed by atoms with van der Waals surface area (Å²) in [6.07, 6.45) is 6.56. The molecule has 5 heteroatoms. The fourth-order valence-corrected chi connectivity index (χ4v) is 4.70. The number of benzene rings is 1. The van der Waals surface area contributed by atoms with Gasteiger partial charge in [-0.3, -0.25) is 9.59 Å². The molecule has 1 saturated heterocycles. The van der Waals surface area contributed by atoms with Crippen LogP contribution in [0.5, 0.6) is 0 Å². The SMILES string of the molecule is CC(=O)c1cn(CC(=O)N2CC[C@@]3(O)CCCC[C@H]3C2)c2ccccc12. The van der Waals surface area contributed by atoms with E-state index in [4.69, 9.17) is 0 Å². The Morgan fingerprint density at radius 2 is 2.04 bits per heavy atom. The second-order valence-corrected chi connectivity index (χ2v) is 7.88. The number of nitrogens with zero attached hydrogens (tertiary/aromatic N) is 2. The summed E-state index contributed by atoms with van der Waals surface area (Å²) in [5, 5.41) is 11.7. The maximum absolute atomic E-state index is 12.9. The van der Waals surface area contributed by atoms with Crippen LogP contribution in [0.3, 0.4) is 0 Å². The van der Waals surface area contributed by atoms with Crippen LogP contribution in [-0.4, -0.2) is 45.0 Å². The number of amides is 1. The van der Waals surface area contributed by atoms with E-state index in [0.717, 1.165) is 36.6 Å². The van der Waals surface area contributed by atoms with Crippen LogP contribution in [0.15, 0.2) is 30.5 Å². The lowest BCUT2D eigenvalue weighted by molar-refractivity contribution is -0.143. The number of carbonyl (C=O) groups excluding carboxylic acids is 2. The highest BCUT2D eigenvalue weighted by Crippen LogP contribution is 2.39. The summed E-state index contributed by atoms with van der Waals surface area (Å²) in [5.74, 6) is 0.272. The van der Waals surface area contributed by atoms with Crippen LogP contribution in [0.1, 0.15) is 49.4 Å². The van der Waals surface area contributed by atoms with Crippen LogP contribution >= 0.6 is 0 Å². The van der Waals surface area contributed by atoms with E-state index in [0.29, 0.717) is 25.1 Å². The highest BCUT2D eigenvalue weighted by molar-refractivity contribution is 6.07. The largest absolute Gasteiger partial charge is 0.389 e. The molecule has 1 amide bonds. The van der Waals surface area contributed by atoms with Crippen molar-refractivity contribution in [2.24, 2.45) is 5.92 Å². The summed E-state index contributed by atoms with van der Waals surface area (Å²) in [4.78, 5) is 26.7. The van der Waals surface area contributed by atoms with Crippen molar-refractivity contribution in [3.05, 3.63) is 36.0 Å². The molecule has 2 atom stereocenters. The lowest BCUT2D eigenvalue weighted by atomic mass is 9.71. The summed E-state index contributed by atoms with van der Waals surface area (Å²) in [5.41, 5.74) is 1.00. The number of piperidine rings is 1. The van der Waals surface area contributed by atoms with Crippen molar-refractivity contribution in [1.29, 1.82) is 0 Å². The van der Waals surface area contributed by atoms with Crippen LogP contribution in [0.25, 0.3) is 10.9 Å². The number of fused-ring (bicyclic) bond motifs is 2. The third-order valence-corrected chi connectivity index (χ3v) is 6.25. The summed E-state index contributed by atoms with van der Waals surface area (Å²) in [6, 6.07) is 7.72. The van der Waals surface area contributed by atoms with Crippen LogP contribution in [0, 0.1) is 5.92 Å². The number of aliphatic hydroxyl groups is 1. The maximum atomic E-state index is 12.9. The Hall–Kier alpha value is -2.14. The molecule has 2 aromatic rings. The molecule has 4 rings (SSSR count). The maximum Gasteiger partial charge on any atom is 0.242 e. The zero-order chi connectivity index (χ0) is 18.3. The van der Waals surface area contributed by atoms with E-state index in [1.807, 2.05) is 33.7 Å². The van der Waals surface area contributed by atoms with Crippen molar-refractivity contribution in [3.8, 4) is 0 Å². The molecule has 0 spiro atoms. The first kappa shape index (κ1) is 17.3. The molecule has 2 fully saturated rings. The van der Waals surface area contributed by atoms with Gasteiger partial charge in [-0.1, -0.05) is 31.0 Å². The molecule has 0 bridgehead atoms. The lowest BCUT2D eigenvalue weighted by Crippen LogP contribution is -2.55. The minimum Gasteiger partial charge on any atom is -0.389 e. The molecule has 26 heavy (non-hydrogen) atoms. The predicted octanol–water partition coefficient (Wildman–Crippen LogP) is 3.00. The Labute approximate surface area is 153 Å². The molecule has 0 unspecified atom stereocenters. The van der Waals surface area contributed by atoms with Crippen LogP contribution in [-0.2, 0) is 11.3 Å². The number of ketones is 1. The van der Waals surface area contributed by atoms with Crippen LogP contribution < -0.4 is 0 Å². The lowest BCUT2D eigenvalue weighted by Gasteiger charge is -2.47. The third kappa shape index (κ3) is 2.94. The van der Waals surface area contributed by atoms with Crippen LogP contribution in [0.2, 0.25) is 0 Å². The predicted molar refractivity (Wildman–Crippen MR) is 100 cm³/mol. The van der Waals surface area contributed by atoms with E-state index in [1.165, 1.54) is 0 Å². The molecule has 2 aliphatic rings. The topological polar surface area (TPSA) is 62.5 Å². The van der Waals surface area contributed by atoms with Gasteiger partial charge in [-0.05, 0) is 32.3 Å². The highest BCUT2D eigenvalue weighted by Gasteiger charge is 2.43. The zero-order valence-electron chi connectivity index (χ0n) is 15.3. The Kier molecular flexibility index (Phi) is 4.35. The van der Waals surface area contributed by atoms with Gasteiger partial charge < -0.3 is 14.6 Å². The standard InChI is InChI=1S/C21H26N2O3/c1-15(24)18-13-23(19-8-3-2-7-17(18)19)14-20(25)22-11-10-21(26)9-5-4-6-16(21)12-22/h2-3,7-8,13,16,26H,4-6,9-12,14H2,1H3/t16-,21-/m0/s1. The Balaban J connectivity index is 1.54. The molecule has 1 aliphatic carbocycles. The minimum absolute atomic E-state index is 0.0117. The monoisotopic (exact) mass is 354 g/mol. The first-order valence-electron chi connectivity index (χ1n) is 9.57. The second-order valence-electron chi connectivity index (χ2n) is 7.88. The van der Waals surface area contributed by atoms with Gasteiger partial charge >= 0.3 is 0 Å². The molecular weight excluding hydrogens is 328 g/mol. The first-order chi connectivity index (χ1) is 12.5. The minimum atomic E-state index is -0.572. The number of likely N-dealkylation sites (tertiary alicyclic amines) is 1. The summed E-state index contributed by atoms with van der Waals surface area (Å²) in [6.45, 7) is 3.06. The van der Waals surface area contributed by atoms with E-state index in [1.54, 1.807) is 13.1 Å². The molecule has 138 valence electrons. The fraction of sp³-hybridized carbons (Fsp3) is 0.524. The van der Waals surface area contributed by atoms with E-state index in [2.05, 4.69) is 0 Å². The zero-order valence-corrected chi connectivity index (χ0v) is 15.3. The molecule has 5 nitrogen and oxygen atoms in total. The third-order valence-electron chi connectivity index (χ3n) is 6.25. The van der Waals surface area contributed by atoms with Crippen molar-refractivity contribution in [3.63, 3.8) is 0 Å². The molecule has 1 saturated carbocycles. The number of rotatable bonds is 3. The normalized spacial score (nSPS) is 25.9. The average Bonchev–Trinajstić information content (AvgIpc) is 3.00. The van der Waals surface area contributed by atoms with Crippen molar-refractivity contribution in [1.82, 2.24) is 9.47 Å². The number of para-hydroxylation sites is 1. The molecule has 1 aromatic carbocycles. The van der Waals surface area contributed by atoms with E-state index in [9.17, 15) is 14.7 Å². The molecule has 1 N–H and O–H groups in total. The van der Waals surface area contributed by atoms with Gasteiger partial charge in [0.15, 0.2) is 5.78 Å². The van der Waals surface area contributed by atoms with E-state index in [-0.39, 0.29) is 24.2 Å². The summed E-state index contributed by atoms with van der Waals surface area (Å²) in [7, 11) is 0. The van der Waals surface area contributed by atoms with Gasteiger partial charge in [0.1, 0.15) is 6.54 Å². The van der Waals surface area contributed by atoms with Crippen LogP contribution in [0.4, 0.5) is 0 Å². The smallest absolute Gasteiger partial charge is 0.242 e. The number of Topliss-reactive ketones (excluding diaryl/α,β-unsaturated/α-hetero) is 1. The Morgan fingerprint density at radius 3 is 2.85 bits per heavy atom. The van der Waals surface area contributed by atoms with Gasteiger partial charge in [0.05, 0.1) is 5.60 Å². The molecule has 1 aromatic heterocycles. The van der Waals surface area contributed by atoms with Crippen molar-refractivity contribution in [2.45, 2.75) is 51.2 Å². The molecule has 2 heterocycles. The number of carbonyl (C=O) groups is 2.